The molecule has 0 aromatic carbocycles. The largest absolute Gasteiger partial charge is 0.381 e. The van der Waals surface area contributed by atoms with E-state index in [2.05, 4.69) is 10.3 Å². The van der Waals surface area contributed by atoms with Crippen LogP contribution in [-0.2, 0) is 16.0 Å². The molecule has 1 saturated carbocycles. The van der Waals surface area contributed by atoms with Gasteiger partial charge in [-0.15, -0.1) is 0 Å². The zero-order valence-electron chi connectivity index (χ0n) is 13.4. The molecule has 2 aliphatic rings. The molecule has 1 aliphatic carbocycles. The highest BCUT2D eigenvalue weighted by molar-refractivity contribution is 5.91. The number of aryl methyl sites for hydroxylation is 1. The van der Waals surface area contributed by atoms with E-state index in [9.17, 15) is 4.79 Å². The van der Waals surface area contributed by atoms with Crippen LogP contribution in [0.3, 0.4) is 0 Å². The van der Waals surface area contributed by atoms with E-state index in [1.54, 1.807) is 6.20 Å². The third-order valence-corrected chi connectivity index (χ3v) is 5.14. The van der Waals surface area contributed by atoms with Crippen molar-refractivity contribution in [3.8, 4) is 0 Å². The van der Waals surface area contributed by atoms with Crippen LogP contribution >= 0.6 is 0 Å². The molecule has 1 aliphatic heterocycles. The molecule has 2 atom stereocenters. The lowest BCUT2D eigenvalue weighted by molar-refractivity contribution is -0.170. The molecule has 2 heterocycles. The van der Waals surface area contributed by atoms with Crippen molar-refractivity contribution in [1.29, 1.82) is 0 Å². The summed E-state index contributed by atoms with van der Waals surface area (Å²) in [4.78, 5) is 16.7. The number of nitrogens with zero attached hydrogens (tertiary/aromatic N) is 2. The second-order valence-corrected chi connectivity index (χ2v) is 6.09. The topological polar surface area (TPSA) is 65.4 Å². The molecule has 0 unspecified atom stereocenters. The first-order valence-electron chi connectivity index (χ1n) is 8.22. The molecule has 22 heavy (non-hydrogen) atoms. The van der Waals surface area contributed by atoms with Gasteiger partial charge in [-0.05, 0) is 33.1 Å². The summed E-state index contributed by atoms with van der Waals surface area (Å²) in [5, 5.41) is 3.18. The van der Waals surface area contributed by atoms with Gasteiger partial charge in [-0.1, -0.05) is 0 Å². The summed E-state index contributed by atoms with van der Waals surface area (Å²) in [6.07, 6.45) is 6.52. The number of hydrogen-bond acceptors (Lipinski definition) is 4. The summed E-state index contributed by atoms with van der Waals surface area (Å²) in [5.41, 5.74) is 0.0353. The summed E-state index contributed by atoms with van der Waals surface area (Å²) >= 11 is 0. The first-order chi connectivity index (χ1) is 10.7. The number of hydrogen-bond donors (Lipinski definition) is 1. The molecule has 6 heteroatoms. The fraction of sp³-hybridized carbons (Fsp3) is 0.750. The summed E-state index contributed by atoms with van der Waals surface area (Å²) in [5.74, 6) is 0.405. The van der Waals surface area contributed by atoms with E-state index in [1.807, 2.05) is 24.6 Å². The van der Waals surface area contributed by atoms with Crippen molar-refractivity contribution in [3.05, 3.63) is 18.2 Å². The Morgan fingerprint density at radius 3 is 2.95 bits per heavy atom. The third kappa shape index (κ3) is 2.54. The number of ether oxygens (including phenoxy) is 2. The lowest BCUT2D eigenvalue weighted by Crippen LogP contribution is -2.66. The Hall–Kier alpha value is -1.40. The number of imidazole rings is 1. The van der Waals surface area contributed by atoms with E-state index in [-0.39, 0.29) is 23.5 Å². The van der Waals surface area contributed by atoms with E-state index in [0.29, 0.717) is 12.4 Å². The average molecular weight is 307 g/mol. The highest BCUT2D eigenvalue weighted by Gasteiger charge is 2.56. The molecule has 1 saturated heterocycles. The van der Waals surface area contributed by atoms with Crippen molar-refractivity contribution in [3.63, 3.8) is 0 Å². The van der Waals surface area contributed by atoms with Gasteiger partial charge in [0.1, 0.15) is 0 Å². The Morgan fingerprint density at radius 2 is 2.27 bits per heavy atom. The predicted octanol–water partition coefficient (Wildman–Crippen LogP) is 1.61. The number of rotatable bonds is 5. The molecule has 6 nitrogen and oxygen atoms in total. The number of carbonyl (C=O) groups is 1. The van der Waals surface area contributed by atoms with Crippen LogP contribution in [0.5, 0.6) is 0 Å². The maximum atomic E-state index is 12.5. The maximum absolute atomic E-state index is 12.5. The van der Waals surface area contributed by atoms with Crippen molar-refractivity contribution < 1.29 is 14.3 Å². The first kappa shape index (κ1) is 15.5. The standard InChI is InChI=1S/C16H25N3O3/c1-3-19-8-7-17-14(19)15(20)18-12-11-13(22-4-2)16(12)5-9-21-10-6-16/h7-8,12-13H,3-6,9-11H2,1-2H3,(H,18,20)/t12-,13-/m1/s1. The highest BCUT2D eigenvalue weighted by atomic mass is 16.5. The van der Waals surface area contributed by atoms with E-state index >= 15 is 0 Å². The summed E-state index contributed by atoms with van der Waals surface area (Å²) < 4.78 is 13.3. The molecule has 1 aromatic rings. The number of nitrogens with one attached hydrogen (secondary N) is 1. The van der Waals surface area contributed by atoms with E-state index in [1.165, 1.54) is 0 Å². The zero-order valence-corrected chi connectivity index (χ0v) is 13.4. The van der Waals surface area contributed by atoms with Gasteiger partial charge in [0, 0.05) is 50.2 Å². The minimum Gasteiger partial charge on any atom is -0.381 e. The molecule has 1 spiro atoms. The van der Waals surface area contributed by atoms with Crippen molar-refractivity contribution in [1.82, 2.24) is 14.9 Å². The first-order valence-corrected chi connectivity index (χ1v) is 8.22. The molecule has 1 N–H and O–H groups in total. The molecule has 122 valence electrons. The van der Waals surface area contributed by atoms with E-state index < -0.39 is 0 Å². The van der Waals surface area contributed by atoms with Gasteiger partial charge in [0.05, 0.1) is 6.10 Å². The normalized spacial score (nSPS) is 26.6. The van der Waals surface area contributed by atoms with E-state index in [4.69, 9.17) is 9.47 Å². The SMILES string of the molecule is CCO[C@@H]1C[C@@H](NC(=O)c2nccn2CC)C12CCOCC2. The Labute approximate surface area is 131 Å². The highest BCUT2D eigenvalue weighted by Crippen LogP contribution is 2.50. The quantitative estimate of drug-likeness (QED) is 0.897. The van der Waals surface area contributed by atoms with Crippen LogP contribution < -0.4 is 5.32 Å². The van der Waals surface area contributed by atoms with Crippen molar-refractivity contribution in [2.75, 3.05) is 19.8 Å². The minimum absolute atomic E-state index is 0.0353. The van der Waals surface area contributed by atoms with E-state index in [0.717, 1.165) is 39.0 Å². The van der Waals surface area contributed by atoms with Crippen molar-refractivity contribution in [2.45, 2.75) is 51.8 Å². The molecule has 1 aromatic heterocycles. The molecule has 3 rings (SSSR count). The van der Waals surface area contributed by atoms with Crippen LogP contribution in [0.4, 0.5) is 0 Å². The summed E-state index contributed by atoms with van der Waals surface area (Å²) in [6.45, 7) is 6.99. The molecule has 1 amide bonds. The fourth-order valence-corrected chi connectivity index (χ4v) is 3.80. The maximum Gasteiger partial charge on any atom is 0.287 e. The zero-order chi connectivity index (χ0) is 15.6. The van der Waals surface area contributed by atoms with Gasteiger partial charge in [0.15, 0.2) is 5.82 Å². The monoisotopic (exact) mass is 307 g/mol. The molecular formula is C16H25N3O3. The van der Waals surface area contributed by atoms with Gasteiger partial charge in [-0.3, -0.25) is 4.79 Å². The summed E-state index contributed by atoms with van der Waals surface area (Å²) in [6, 6.07) is 0.155. The van der Waals surface area contributed by atoms with Crippen LogP contribution in [0.1, 0.15) is 43.7 Å². The van der Waals surface area contributed by atoms with Crippen LogP contribution in [0.2, 0.25) is 0 Å². The van der Waals surface area contributed by atoms with Crippen molar-refractivity contribution >= 4 is 5.91 Å². The Bertz CT molecular complexity index is 522. The molecule has 0 bridgehead atoms. The fourth-order valence-electron chi connectivity index (χ4n) is 3.80. The van der Waals surface area contributed by atoms with Gasteiger partial charge in [-0.25, -0.2) is 4.98 Å². The Kier molecular flexibility index (Phi) is 4.49. The second-order valence-electron chi connectivity index (χ2n) is 6.09. The van der Waals surface area contributed by atoms with Crippen LogP contribution in [0, 0.1) is 5.41 Å². The molecule has 0 radical (unpaired) electrons. The Balaban J connectivity index is 1.70. The van der Waals surface area contributed by atoms with Gasteiger partial charge in [0.25, 0.3) is 5.91 Å². The second kappa shape index (κ2) is 6.38. The summed E-state index contributed by atoms with van der Waals surface area (Å²) in [7, 11) is 0. The van der Waals surface area contributed by atoms with Crippen LogP contribution in [0.25, 0.3) is 0 Å². The van der Waals surface area contributed by atoms with Crippen LogP contribution in [0.15, 0.2) is 12.4 Å². The number of carbonyl (C=O) groups excluding carboxylic acids is 1. The average Bonchev–Trinajstić information content (AvgIpc) is 3.03. The van der Waals surface area contributed by atoms with Gasteiger partial charge in [0.2, 0.25) is 0 Å². The van der Waals surface area contributed by atoms with Gasteiger partial charge in [-0.2, -0.15) is 0 Å². The minimum atomic E-state index is -0.0855. The molecule has 2 fully saturated rings. The van der Waals surface area contributed by atoms with Crippen molar-refractivity contribution in [2.24, 2.45) is 5.41 Å². The third-order valence-electron chi connectivity index (χ3n) is 5.14. The lowest BCUT2D eigenvalue weighted by Gasteiger charge is -2.57. The predicted molar refractivity (Wildman–Crippen MR) is 81.7 cm³/mol. The van der Waals surface area contributed by atoms with Gasteiger partial charge < -0.3 is 19.4 Å². The van der Waals surface area contributed by atoms with Crippen LogP contribution in [-0.4, -0.2) is 47.4 Å². The van der Waals surface area contributed by atoms with Gasteiger partial charge >= 0.3 is 0 Å². The number of aromatic nitrogens is 2. The Morgan fingerprint density at radius 1 is 1.50 bits per heavy atom. The lowest BCUT2D eigenvalue weighted by atomic mass is 9.57. The number of amides is 1. The molecular weight excluding hydrogens is 282 g/mol. The smallest absolute Gasteiger partial charge is 0.287 e.